The number of nitrogen functional groups attached to an aromatic ring is 1. The van der Waals surface area contributed by atoms with Crippen molar-refractivity contribution in [2.24, 2.45) is 0 Å². The highest BCUT2D eigenvalue weighted by Gasteiger charge is 2.20. The fourth-order valence-corrected chi connectivity index (χ4v) is 3.95. The number of halogens is 1. The van der Waals surface area contributed by atoms with Gasteiger partial charge in [-0.3, -0.25) is 0 Å². The zero-order valence-corrected chi connectivity index (χ0v) is 15.7. The number of allylic oxidation sites excluding steroid dienone is 2. The van der Waals surface area contributed by atoms with Gasteiger partial charge in [0.25, 0.3) is 0 Å². The molecule has 5 heteroatoms. The minimum atomic E-state index is -0.267. The van der Waals surface area contributed by atoms with Crippen molar-refractivity contribution in [2.45, 2.75) is 38.2 Å². The minimum absolute atomic E-state index is 0.174. The predicted octanol–water partition coefficient (Wildman–Crippen LogP) is 4.51. The third kappa shape index (κ3) is 3.98. The first-order valence-corrected chi connectivity index (χ1v) is 9.70. The molecule has 0 radical (unpaired) electrons. The van der Waals surface area contributed by atoms with E-state index in [1.54, 1.807) is 12.3 Å². The first kappa shape index (κ1) is 18.0. The molecule has 2 aliphatic rings. The monoisotopic (exact) mass is 367 g/mol. The number of ether oxygens (including phenoxy) is 1. The van der Waals surface area contributed by atoms with Gasteiger partial charge >= 0.3 is 0 Å². The average Bonchev–Trinajstić information content (AvgIpc) is 3.20. The van der Waals surface area contributed by atoms with Gasteiger partial charge in [-0.25, -0.2) is 9.37 Å². The summed E-state index contributed by atoms with van der Waals surface area (Å²) in [6.45, 7) is 2.05. The Morgan fingerprint density at radius 3 is 2.70 bits per heavy atom. The van der Waals surface area contributed by atoms with Crippen molar-refractivity contribution in [3.8, 4) is 17.0 Å². The van der Waals surface area contributed by atoms with Crippen LogP contribution < -0.4 is 10.5 Å². The second-order valence-electron chi connectivity index (χ2n) is 7.54. The lowest BCUT2D eigenvalue weighted by Gasteiger charge is -2.29. The van der Waals surface area contributed by atoms with Crippen LogP contribution in [0.3, 0.4) is 0 Å². The van der Waals surface area contributed by atoms with Crippen LogP contribution in [0, 0.1) is 5.82 Å². The third-order valence-electron chi connectivity index (χ3n) is 5.53. The van der Waals surface area contributed by atoms with E-state index >= 15 is 0 Å². The van der Waals surface area contributed by atoms with Gasteiger partial charge in [-0.05, 0) is 68.5 Å². The molecule has 1 saturated heterocycles. The van der Waals surface area contributed by atoms with E-state index in [1.807, 2.05) is 12.1 Å². The molecule has 0 unspecified atom stereocenters. The molecule has 0 bridgehead atoms. The van der Waals surface area contributed by atoms with Gasteiger partial charge in [0.05, 0.1) is 0 Å². The summed E-state index contributed by atoms with van der Waals surface area (Å²) in [5.41, 5.74) is 10.6. The van der Waals surface area contributed by atoms with Crippen molar-refractivity contribution < 1.29 is 9.13 Å². The van der Waals surface area contributed by atoms with Crippen LogP contribution in [0.2, 0.25) is 0 Å². The van der Waals surface area contributed by atoms with Crippen LogP contribution in [0.1, 0.15) is 37.7 Å². The van der Waals surface area contributed by atoms with Crippen LogP contribution in [0.5, 0.6) is 5.88 Å². The Morgan fingerprint density at radius 1 is 1.19 bits per heavy atom. The molecular weight excluding hydrogens is 341 g/mol. The summed E-state index contributed by atoms with van der Waals surface area (Å²) in [6, 6.07) is 6.78. The lowest BCUT2D eigenvalue weighted by Crippen LogP contribution is -2.35. The molecule has 2 heterocycles. The number of rotatable bonds is 4. The van der Waals surface area contributed by atoms with Gasteiger partial charge in [0.15, 0.2) is 0 Å². The fourth-order valence-electron chi connectivity index (χ4n) is 3.95. The van der Waals surface area contributed by atoms with Gasteiger partial charge in [-0.1, -0.05) is 6.08 Å². The molecule has 0 saturated carbocycles. The van der Waals surface area contributed by atoms with Gasteiger partial charge < -0.3 is 15.4 Å². The third-order valence-corrected chi connectivity index (χ3v) is 5.53. The number of piperidine rings is 1. The molecule has 27 heavy (non-hydrogen) atoms. The highest BCUT2D eigenvalue weighted by atomic mass is 19.1. The number of hydrogen-bond acceptors (Lipinski definition) is 4. The largest absolute Gasteiger partial charge is 0.474 e. The number of hydrogen-bond donors (Lipinski definition) is 1. The van der Waals surface area contributed by atoms with Crippen molar-refractivity contribution in [3.05, 3.63) is 47.9 Å². The summed E-state index contributed by atoms with van der Waals surface area (Å²) >= 11 is 0. The predicted molar refractivity (Wildman–Crippen MR) is 107 cm³/mol. The molecule has 0 spiro atoms. The van der Waals surface area contributed by atoms with Crippen molar-refractivity contribution in [1.29, 1.82) is 0 Å². The Morgan fingerprint density at radius 2 is 1.96 bits per heavy atom. The maximum Gasteiger partial charge on any atom is 0.214 e. The summed E-state index contributed by atoms with van der Waals surface area (Å²) in [4.78, 5) is 6.65. The summed E-state index contributed by atoms with van der Waals surface area (Å²) in [6.07, 6.45) is 9.11. The fraction of sp³-hybridized carbons (Fsp3) is 0.409. The van der Waals surface area contributed by atoms with Crippen LogP contribution >= 0.6 is 0 Å². The zero-order chi connectivity index (χ0) is 18.8. The molecule has 4 rings (SSSR count). The van der Waals surface area contributed by atoms with E-state index in [-0.39, 0.29) is 11.9 Å². The molecule has 1 aliphatic heterocycles. The number of anilines is 1. The van der Waals surface area contributed by atoms with E-state index in [0.29, 0.717) is 17.1 Å². The van der Waals surface area contributed by atoms with E-state index in [9.17, 15) is 4.39 Å². The van der Waals surface area contributed by atoms with E-state index in [4.69, 9.17) is 10.5 Å². The molecule has 4 nitrogen and oxygen atoms in total. The normalized spacial score (nSPS) is 18.5. The number of likely N-dealkylation sites (tertiary alicyclic amines) is 1. The summed E-state index contributed by atoms with van der Waals surface area (Å²) in [5, 5.41) is 0. The number of nitrogens with two attached hydrogens (primary N) is 1. The number of nitrogens with zero attached hydrogens (tertiary/aromatic N) is 2. The molecule has 1 fully saturated rings. The highest BCUT2D eigenvalue weighted by molar-refractivity contribution is 5.87. The molecule has 2 N–H and O–H groups in total. The van der Waals surface area contributed by atoms with Crippen molar-refractivity contribution >= 4 is 11.3 Å². The first-order chi connectivity index (χ1) is 13.1. The smallest absolute Gasteiger partial charge is 0.214 e. The van der Waals surface area contributed by atoms with Crippen LogP contribution in [0.4, 0.5) is 10.1 Å². The molecule has 0 amide bonds. The minimum Gasteiger partial charge on any atom is -0.474 e. The SMILES string of the molecule is CN1CCC(Oc2cc(-c3cc(F)cc(C4=CCCC4)c3N)ccn2)CC1. The first-order valence-electron chi connectivity index (χ1n) is 9.70. The number of pyridine rings is 1. The molecule has 2 aromatic rings. The number of aromatic nitrogens is 1. The Bertz CT molecular complexity index is 857. The van der Waals surface area contributed by atoms with E-state index < -0.39 is 0 Å². The summed E-state index contributed by atoms with van der Waals surface area (Å²) in [7, 11) is 2.12. The lowest BCUT2D eigenvalue weighted by molar-refractivity contribution is 0.110. The van der Waals surface area contributed by atoms with E-state index in [2.05, 4.69) is 23.0 Å². The molecule has 1 aromatic heterocycles. The Labute approximate surface area is 159 Å². The van der Waals surface area contributed by atoms with Gasteiger partial charge in [0.1, 0.15) is 11.9 Å². The quantitative estimate of drug-likeness (QED) is 0.808. The van der Waals surface area contributed by atoms with Gasteiger partial charge in [-0.15, -0.1) is 0 Å². The molecule has 1 aromatic carbocycles. The highest BCUT2D eigenvalue weighted by Crippen LogP contribution is 2.38. The van der Waals surface area contributed by atoms with E-state index in [0.717, 1.165) is 61.9 Å². The number of benzene rings is 1. The molecule has 142 valence electrons. The topological polar surface area (TPSA) is 51.4 Å². The second kappa shape index (κ2) is 7.69. The van der Waals surface area contributed by atoms with Crippen LogP contribution in [0.15, 0.2) is 36.5 Å². The van der Waals surface area contributed by atoms with Crippen molar-refractivity contribution in [3.63, 3.8) is 0 Å². The Hall–Kier alpha value is -2.40. The van der Waals surface area contributed by atoms with Crippen LogP contribution in [0.25, 0.3) is 16.7 Å². The van der Waals surface area contributed by atoms with Gasteiger partial charge in [0.2, 0.25) is 5.88 Å². The zero-order valence-electron chi connectivity index (χ0n) is 15.7. The second-order valence-corrected chi connectivity index (χ2v) is 7.54. The summed E-state index contributed by atoms with van der Waals surface area (Å²) < 4.78 is 20.4. The average molecular weight is 367 g/mol. The standard InChI is InChI=1S/C22H26FN3O/c1-26-10-7-18(8-11-26)27-21-12-16(6-9-25-21)20-14-17(23)13-19(22(20)24)15-4-2-3-5-15/h4,6,9,12-14,18H,2-3,5,7-8,10-11,24H2,1H3. The van der Waals surface area contributed by atoms with E-state index in [1.165, 1.54) is 6.07 Å². The lowest BCUT2D eigenvalue weighted by atomic mass is 9.96. The van der Waals surface area contributed by atoms with Crippen molar-refractivity contribution in [2.75, 3.05) is 25.9 Å². The van der Waals surface area contributed by atoms with Gasteiger partial charge in [0, 0.05) is 42.2 Å². The Kier molecular flexibility index (Phi) is 5.12. The maximum absolute atomic E-state index is 14.3. The van der Waals surface area contributed by atoms with Crippen molar-refractivity contribution in [1.82, 2.24) is 9.88 Å². The molecule has 0 atom stereocenters. The maximum atomic E-state index is 14.3. The molecular formula is C22H26FN3O. The Balaban J connectivity index is 1.62. The molecule has 1 aliphatic carbocycles. The van der Waals surface area contributed by atoms with Crippen LogP contribution in [-0.2, 0) is 0 Å². The summed E-state index contributed by atoms with van der Waals surface area (Å²) in [5.74, 6) is 0.309. The van der Waals surface area contributed by atoms with Gasteiger partial charge in [-0.2, -0.15) is 0 Å². The van der Waals surface area contributed by atoms with Crippen LogP contribution in [-0.4, -0.2) is 36.1 Å².